The minimum atomic E-state index is -0.498. The van der Waals surface area contributed by atoms with Crippen molar-refractivity contribution in [1.29, 1.82) is 0 Å². The van der Waals surface area contributed by atoms with Crippen LogP contribution in [0.3, 0.4) is 0 Å². The maximum atomic E-state index is 11.8. The van der Waals surface area contributed by atoms with E-state index in [0.29, 0.717) is 19.5 Å². The maximum absolute atomic E-state index is 11.8. The molecule has 4 N–H and O–H groups in total. The van der Waals surface area contributed by atoms with Crippen molar-refractivity contribution < 1.29 is 9.59 Å². The molecule has 6 nitrogen and oxygen atoms in total. The zero-order valence-corrected chi connectivity index (χ0v) is 14.8. The molecule has 0 atom stereocenters. The third kappa shape index (κ3) is 7.85. The van der Waals surface area contributed by atoms with Gasteiger partial charge in [-0.1, -0.05) is 24.6 Å². The molecule has 0 spiro atoms. The van der Waals surface area contributed by atoms with E-state index in [9.17, 15) is 9.59 Å². The molecule has 0 saturated heterocycles. The molecular formula is C18H30N4O2. The number of nitrogens with zero attached hydrogens (tertiary/aromatic N) is 1. The van der Waals surface area contributed by atoms with E-state index in [-0.39, 0.29) is 5.91 Å². The number of para-hydroxylation sites is 1. The highest BCUT2D eigenvalue weighted by molar-refractivity contribution is 5.75. The van der Waals surface area contributed by atoms with Crippen molar-refractivity contribution in [3.63, 3.8) is 0 Å². The van der Waals surface area contributed by atoms with E-state index in [4.69, 9.17) is 5.73 Å². The molecule has 3 amide bonds. The average Bonchev–Trinajstić information content (AvgIpc) is 2.55. The Bertz CT molecular complexity index is 519. The molecule has 0 fully saturated rings. The summed E-state index contributed by atoms with van der Waals surface area (Å²) >= 11 is 0. The Balaban J connectivity index is 2.18. The van der Waals surface area contributed by atoms with Crippen molar-refractivity contribution in [2.24, 2.45) is 5.73 Å². The molecule has 24 heavy (non-hydrogen) atoms. The molecule has 0 heterocycles. The third-order valence-corrected chi connectivity index (χ3v) is 3.92. The molecule has 1 aromatic rings. The Morgan fingerprint density at radius 3 is 2.50 bits per heavy atom. The SMILES string of the molecule is CCN(CCNC(=O)CCCCCNC(N)=O)c1ccccc1C. The minimum absolute atomic E-state index is 0.0821. The number of urea groups is 1. The van der Waals surface area contributed by atoms with Crippen LogP contribution in [0.25, 0.3) is 0 Å². The number of amides is 3. The van der Waals surface area contributed by atoms with Crippen LogP contribution in [0.2, 0.25) is 0 Å². The maximum Gasteiger partial charge on any atom is 0.312 e. The van der Waals surface area contributed by atoms with Gasteiger partial charge in [0.15, 0.2) is 0 Å². The number of carbonyl (C=O) groups excluding carboxylic acids is 2. The predicted molar refractivity (Wildman–Crippen MR) is 98.1 cm³/mol. The van der Waals surface area contributed by atoms with E-state index in [0.717, 1.165) is 32.4 Å². The van der Waals surface area contributed by atoms with Crippen molar-refractivity contribution in [2.45, 2.75) is 39.5 Å². The van der Waals surface area contributed by atoms with E-state index in [1.165, 1.54) is 11.3 Å². The monoisotopic (exact) mass is 334 g/mol. The summed E-state index contributed by atoms with van der Waals surface area (Å²) in [5.41, 5.74) is 7.44. The van der Waals surface area contributed by atoms with Gasteiger partial charge < -0.3 is 21.3 Å². The van der Waals surface area contributed by atoms with Crippen molar-refractivity contribution in [1.82, 2.24) is 10.6 Å². The van der Waals surface area contributed by atoms with Gasteiger partial charge in [0.25, 0.3) is 0 Å². The number of primary amides is 1. The summed E-state index contributed by atoms with van der Waals surface area (Å²) in [4.78, 5) is 24.6. The fraction of sp³-hybridized carbons (Fsp3) is 0.556. The van der Waals surface area contributed by atoms with Crippen molar-refractivity contribution in [3.05, 3.63) is 29.8 Å². The summed E-state index contributed by atoms with van der Waals surface area (Å²) < 4.78 is 0. The van der Waals surface area contributed by atoms with E-state index < -0.39 is 6.03 Å². The normalized spacial score (nSPS) is 10.2. The number of nitrogens with two attached hydrogens (primary N) is 1. The van der Waals surface area contributed by atoms with Gasteiger partial charge in [-0.25, -0.2) is 4.79 Å². The molecule has 0 aliphatic rings. The van der Waals surface area contributed by atoms with Gasteiger partial charge in [0.2, 0.25) is 5.91 Å². The zero-order chi connectivity index (χ0) is 17.8. The molecule has 0 radical (unpaired) electrons. The number of hydrogen-bond donors (Lipinski definition) is 3. The van der Waals surface area contributed by atoms with E-state index in [1.807, 2.05) is 12.1 Å². The number of rotatable bonds is 11. The first-order chi connectivity index (χ1) is 11.5. The Hall–Kier alpha value is -2.24. The number of nitrogens with one attached hydrogen (secondary N) is 2. The minimum Gasteiger partial charge on any atom is -0.370 e. The summed E-state index contributed by atoms with van der Waals surface area (Å²) in [6, 6.07) is 7.79. The molecule has 0 aromatic heterocycles. The van der Waals surface area contributed by atoms with Crippen LogP contribution in [0.5, 0.6) is 0 Å². The van der Waals surface area contributed by atoms with Gasteiger partial charge in [-0.15, -0.1) is 0 Å². The summed E-state index contributed by atoms with van der Waals surface area (Å²) in [7, 11) is 0. The van der Waals surface area contributed by atoms with Crippen molar-refractivity contribution in [2.75, 3.05) is 31.1 Å². The molecule has 0 saturated carbocycles. The Kier molecular flexibility index (Phi) is 9.34. The van der Waals surface area contributed by atoms with Gasteiger partial charge in [0.05, 0.1) is 0 Å². The molecule has 6 heteroatoms. The van der Waals surface area contributed by atoms with Gasteiger partial charge in [-0.05, 0) is 38.3 Å². The zero-order valence-electron chi connectivity index (χ0n) is 14.8. The second-order valence-electron chi connectivity index (χ2n) is 5.82. The van der Waals surface area contributed by atoms with Crippen LogP contribution in [0.15, 0.2) is 24.3 Å². The summed E-state index contributed by atoms with van der Waals surface area (Å²) in [5.74, 6) is 0.0821. The van der Waals surface area contributed by atoms with Crippen LogP contribution < -0.4 is 21.3 Å². The fourth-order valence-electron chi connectivity index (χ4n) is 2.58. The largest absolute Gasteiger partial charge is 0.370 e. The second kappa shape index (κ2) is 11.3. The number of aryl methyl sites for hydroxylation is 1. The van der Waals surface area contributed by atoms with Crippen LogP contribution in [0.1, 0.15) is 38.2 Å². The van der Waals surface area contributed by atoms with Crippen molar-refractivity contribution >= 4 is 17.6 Å². The van der Waals surface area contributed by atoms with Gasteiger partial charge in [0.1, 0.15) is 0 Å². The van der Waals surface area contributed by atoms with E-state index in [2.05, 4.69) is 41.5 Å². The standard InChI is InChI=1S/C18H30N4O2/c1-3-22(16-10-7-6-9-15(16)2)14-13-20-17(23)11-5-4-8-12-21-18(19)24/h6-7,9-10H,3-5,8,11-14H2,1-2H3,(H,20,23)(H3,19,21,24). The molecule has 1 rings (SSSR count). The molecule has 0 bridgehead atoms. The smallest absolute Gasteiger partial charge is 0.312 e. The molecule has 134 valence electrons. The topological polar surface area (TPSA) is 87.5 Å². The highest BCUT2D eigenvalue weighted by Crippen LogP contribution is 2.18. The number of hydrogen-bond acceptors (Lipinski definition) is 3. The highest BCUT2D eigenvalue weighted by Gasteiger charge is 2.07. The number of benzene rings is 1. The molecule has 1 aromatic carbocycles. The Morgan fingerprint density at radius 2 is 1.83 bits per heavy atom. The van der Waals surface area contributed by atoms with Crippen LogP contribution in [-0.2, 0) is 4.79 Å². The lowest BCUT2D eigenvalue weighted by Crippen LogP contribution is -2.35. The number of carbonyl (C=O) groups is 2. The van der Waals surface area contributed by atoms with E-state index >= 15 is 0 Å². The quantitative estimate of drug-likeness (QED) is 0.542. The molecule has 0 aliphatic carbocycles. The van der Waals surface area contributed by atoms with E-state index in [1.54, 1.807) is 0 Å². The number of anilines is 1. The molecule has 0 aliphatic heterocycles. The average molecular weight is 334 g/mol. The third-order valence-electron chi connectivity index (χ3n) is 3.92. The van der Waals surface area contributed by atoms with Gasteiger partial charge in [-0.3, -0.25) is 4.79 Å². The fourth-order valence-corrected chi connectivity index (χ4v) is 2.58. The Labute approximate surface area is 144 Å². The first-order valence-corrected chi connectivity index (χ1v) is 8.65. The van der Waals surface area contributed by atoms with Gasteiger partial charge >= 0.3 is 6.03 Å². The van der Waals surface area contributed by atoms with Crippen LogP contribution in [0, 0.1) is 6.92 Å². The predicted octanol–water partition coefficient (Wildman–Crippen LogP) is 2.17. The van der Waals surface area contributed by atoms with Crippen molar-refractivity contribution in [3.8, 4) is 0 Å². The summed E-state index contributed by atoms with van der Waals surface area (Å²) in [6.07, 6.45) is 3.08. The van der Waals surface area contributed by atoms with Crippen LogP contribution >= 0.6 is 0 Å². The lowest BCUT2D eigenvalue weighted by molar-refractivity contribution is -0.121. The van der Waals surface area contributed by atoms with Crippen LogP contribution in [0.4, 0.5) is 10.5 Å². The van der Waals surface area contributed by atoms with Crippen LogP contribution in [-0.4, -0.2) is 38.1 Å². The van der Waals surface area contributed by atoms with Gasteiger partial charge in [0, 0.05) is 38.3 Å². The first kappa shape index (κ1) is 19.8. The number of likely N-dealkylation sites (N-methyl/N-ethyl adjacent to an activating group) is 1. The number of unbranched alkanes of at least 4 members (excludes halogenated alkanes) is 2. The molecular weight excluding hydrogens is 304 g/mol. The first-order valence-electron chi connectivity index (χ1n) is 8.65. The lowest BCUT2D eigenvalue weighted by Gasteiger charge is -2.25. The molecule has 0 unspecified atom stereocenters. The summed E-state index contributed by atoms with van der Waals surface area (Å²) in [6.45, 7) is 7.14. The highest BCUT2D eigenvalue weighted by atomic mass is 16.2. The lowest BCUT2D eigenvalue weighted by atomic mass is 10.2. The van der Waals surface area contributed by atoms with Gasteiger partial charge in [-0.2, -0.15) is 0 Å². The summed E-state index contributed by atoms with van der Waals surface area (Å²) in [5, 5.41) is 5.52. The second-order valence-corrected chi connectivity index (χ2v) is 5.82. The Morgan fingerprint density at radius 1 is 1.08 bits per heavy atom.